The van der Waals surface area contributed by atoms with Crippen LogP contribution in [0.3, 0.4) is 0 Å². The van der Waals surface area contributed by atoms with Gasteiger partial charge in [-0.2, -0.15) is 5.10 Å². The average molecular weight is 420 g/mol. The van der Waals surface area contributed by atoms with Crippen molar-refractivity contribution in [3.8, 4) is 11.5 Å². The second kappa shape index (κ2) is 7.17. The van der Waals surface area contributed by atoms with E-state index in [9.17, 15) is 14.4 Å². The van der Waals surface area contributed by atoms with E-state index in [0.717, 1.165) is 15.6 Å². The number of ether oxygens (including phenoxy) is 3. The number of rotatable bonds is 4. The second-order valence-electron chi connectivity index (χ2n) is 6.86. The molecule has 2 aromatic carbocycles. The Hall–Kier alpha value is -4.34. The quantitative estimate of drug-likeness (QED) is 0.484. The van der Waals surface area contributed by atoms with Crippen LogP contribution in [0.1, 0.15) is 10.4 Å². The normalized spacial score (nSPS) is 12.3. The van der Waals surface area contributed by atoms with Crippen molar-refractivity contribution in [1.82, 2.24) is 14.8 Å². The van der Waals surface area contributed by atoms with E-state index in [1.165, 1.54) is 19.2 Å². The lowest BCUT2D eigenvalue weighted by Gasteiger charge is -2.11. The lowest BCUT2D eigenvalue weighted by molar-refractivity contribution is -0.117. The summed E-state index contributed by atoms with van der Waals surface area (Å²) in [6.45, 7) is -0.337. The Morgan fingerprint density at radius 1 is 1.19 bits per heavy atom. The van der Waals surface area contributed by atoms with Crippen molar-refractivity contribution < 1.29 is 23.8 Å². The van der Waals surface area contributed by atoms with Crippen LogP contribution in [-0.4, -0.2) is 40.5 Å². The number of anilines is 1. The first-order valence-corrected chi connectivity index (χ1v) is 9.33. The predicted octanol–water partition coefficient (Wildman–Crippen LogP) is 2.03. The molecule has 10 nitrogen and oxygen atoms in total. The molecule has 31 heavy (non-hydrogen) atoms. The molecule has 0 atom stereocenters. The Balaban J connectivity index is 1.45. The summed E-state index contributed by atoms with van der Waals surface area (Å²) in [5, 5.41) is 8.31. The zero-order chi connectivity index (χ0) is 21.5. The molecule has 1 aliphatic heterocycles. The molecule has 0 unspecified atom stereocenters. The molecule has 0 spiro atoms. The molecule has 1 aliphatic rings. The number of aromatic amines is 1. The highest BCUT2D eigenvalue weighted by Gasteiger charge is 2.23. The standard InChI is InChI=1S/C21H16N4O6/c1-29-21(28)12-6-16-17(31-10-30-16)7-15(12)23-18(26)9-25-20(27)19-13(8-22-25)11-4-2-3-5-14(11)24-19/h2-8,24H,9-10H2,1H3,(H,23,26). The van der Waals surface area contributed by atoms with Crippen LogP contribution in [0.25, 0.3) is 21.8 Å². The summed E-state index contributed by atoms with van der Waals surface area (Å²) in [5.74, 6) is -0.434. The van der Waals surface area contributed by atoms with E-state index in [4.69, 9.17) is 14.2 Å². The van der Waals surface area contributed by atoms with Gasteiger partial charge >= 0.3 is 5.97 Å². The van der Waals surface area contributed by atoms with Gasteiger partial charge in [-0.25, -0.2) is 9.48 Å². The van der Waals surface area contributed by atoms with Gasteiger partial charge < -0.3 is 24.5 Å². The molecule has 4 aromatic rings. The lowest BCUT2D eigenvalue weighted by Crippen LogP contribution is -2.30. The number of amides is 1. The molecule has 0 saturated carbocycles. The van der Waals surface area contributed by atoms with Gasteiger partial charge in [0, 0.05) is 28.4 Å². The van der Waals surface area contributed by atoms with E-state index in [1.54, 1.807) is 6.20 Å². The SMILES string of the molecule is COC(=O)c1cc2c(cc1NC(=O)Cn1ncc3c([nH]c4ccccc43)c1=O)OCO2. The second-order valence-corrected chi connectivity index (χ2v) is 6.86. The molecule has 0 saturated heterocycles. The van der Waals surface area contributed by atoms with E-state index in [0.29, 0.717) is 22.4 Å². The number of para-hydroxylation sites is 1. The predicted molar refractivity (Wildman–Crippen MR) is 110 cm³/mol. The van der Waals surface area contributed by atoms with Gasteiger partial charge in [-0.15, -0.1) is 0 Å². The molecule has 0 fully saturated rings. The maximum atomic E-state index is 12.8. The molecule has 5 rings (SSSR count). The molecule has 3 heterocycles. The van der Waals surface area contributed by atoms with E-state index in [1.807, 2.05) is 24.3 Å². The van der Waals surface area contributed by atoms with Crippen molar-refractivity contribution >= 4 is 39.4 Å². The Morgan fingerprint density at radius 2 is 1.97 bits per heavy atom. The summed E-state index contributed by atoms with van der Waals surface area (Å²) < 4.78 is 16.4. The summed E-state index contributed by atoms with van der Waals surface area (Å²) >= 11 is 0. The fourth-order valence-electron chi connectivity index (χ4n) is 3.54. The first-order valence-electron chi connectivity index (χ1n) is 9.33. The van der Waals surface area contributed by atoms with Crippen LogP contribution >= 0.6 is 0 Å². The van der Waals surface area contributed by atoms with Crippen LogP contribution in [0, 0.1) is 0 Å². The van der Waals surface area contributed by atoms with Crippen molar-refractivity contribution in [3.05, 3.63) is 58.5 Å². The van der Waals surface area contributed by atoms with Crippen molar-refractivity contribution in [2.75, 3.05) is 19.2 Å². The Bertz CT molecular complexity index is 1420. The van der Waals surface area contributed by atoms with Crippen LogP contribution in [-0.2, 0) is 16.1 Å². The van der Waals surface area contributed by atoms with E-state index in [2.05, 4.69) is 15.4 Å². The number of methoxy groups -OCH3 is 1. The maximum absolute atomic E-state index is 12.8. The third kappa shape index (κ3) is 3.14. The Morgan fingerprint density at radius 3 is 2.77 bits per heavy atom. The highest BCUT2D eigenvalue weighted by atomic mass is 16.7. The number of fused-ring (bicyclic) bond motifs is 4. The smallest absolute Gasteiger partial charge is 0.340 e. The minimum atomic E-state index is -0.650. The summed E-state index contributed by atoms with van der Waals surface area (Å²) in [6, 6.07) is 10.4. The van der Waals surface area contributed by atoms with Gasteiger partial charge in [0.25, 0.3) is 5.56 Å². The number of aromatic nitrogens is 3. The number of carbonyl (C=O) groups excluding carboxylic acids is 2. The number of hydrogen-bond acceptors (Lipinski definition) is 7. The van der Waals surface area contributed by atoms with Gasteiger partial charge in [-0.1, -0.05) is 18.2 Å². The number of esters is 1. The maximum Gasteiger partial charge on any atom is 0.340 e. The number of nitrogens with zero attached hydrogens (tertiary/aromatic N) is 2. The van der Waals surface area contributed by atoms with Crippen LogP contribution < -0.4 is 20.3 Å². The van der Waals surface area contributed by atoms with Crippen LogP contribution in [0.5, 0.6) is 11.5 Å². The van der Waals surface area contributed by atoms with Gasteiger partial charge in [0.2, 0.25) is 12.7 Å². The highest BCUT2D eigenvalue weighted by Crippen LogP contribution is 2.37. The fraction of sp³-hybridized carbons (Fsp3) is 0.143. The number of H-pyrrole nitrogens is 1. The number of carbonyl (C=O) groups is 2. The van der Waals surface area contributed by atoms with E-state index < -0.39 is 17.4 Å². The summed E-state index contributed by atoms with van der Waals surface area (Å²) in [4.78, 5) is 40.7. The summed E-state index contributed by atoms with van der Waals surface area (Å²) in [5.41, 5.74) is 1.03. The zero-order valence-electron chi connectivity index (χ0n) is 16.3. The molecule has 0 radical (unpaired) electrons. The van der Waals surface area contributed by atoms with Crippen LogP contribution in [0.4, 0.5) is 5.69 Å². The van der Waals surface area contributed by atoms with E-state index in [-0.39, 0.29) is 24.6 Å². The van der Waals surface area contributed by atoms with Gasteiger partial charge in [0.05, 0.1) is 24.6 Å². The molecule has 156 valence electrons. The van der Waals surface area contributed by atoms with Gasteiger partial charge in [-0.3, -0.25) is 9.59 Å². The number of hydrogen-bond donors (Lipinski definition) is 2. The first kappa shape index (κ1) is 18.7. The molecule has 2 N–H and O–H groups in total. The Kier molecular flexibility index (Phi) is 4.32. The highest BCUT2D eigenvalue weighted by molar-refractivity contribution is 6.06. The molecular weight excluding hydrogens is 404 g/mol. The van der Waals surface area contributed by atoms with Gasteiger partial charge in [0.15, 0.2) is 11.5 Å². The number of nitrogens with one attached hydrogen (secondary N) is 2. The Labute approximate surface area is 174 Å². The third-order valence-corrected chi connectivity index (χ3v) is 5.01. The van der Waals surface area contributed by atoms with Crippen LogP contribution in [0.15, 0.2) is 47.4 Å². The molecule has 10 heteroatoms. The topological polar surface area (TPSA) is 125 Å². The zero-order valence-corrected chi connectivity index (χ0v) is 16.3. The van der Waals surface area contributed by atoms with E-state index >= 15 is 0 Å². The average Bonchev–Trinajstić information content (AvgIpc) is 3.39. The fourth-order valence-corrected chi connectivity index (χ4v) is 3.54. The van der Waals surface area contributed by atoms with Crippen molar-refractivity contribution in [1.29, 1.82) is 0 Å². The largest absolute Gasteiger partial charge is 0.465 e. The summed E-state index contributed by atoms with van der Waals surface area (Å²) in [6.07, 6.45) is 1.54. The van der Waals surface area contributed by atoms with Crippen molar-refractivity contribution in [2.45, 2.75) is 6.54 Å². The molecule has 1 amide bonds. The number of benzene rings is 2. The van der Waals surface area contributed by atoms with Crippen LogP contribution in [0.2, 0.25) is 0 Å². The summed E-state index contributed by atoms with van der Waals surface area (Å²) in [7, 11) is 1.23. The van der Waals surface area contributed by atoms with Crippen molar-refractivity contribution in [2.24, 2.45) is 0 Å². The molecule has 2 aromatic heterocycles. The molecule has 0 aliphatic carbocycles. The monoisotopic (exact) mass is 420 g/mol. The van der Waals surface area contributed by atoms with Gasteiger partial charge in [-0.05, 0) is 6.07 Å². The first-order chi connectivity index (χ1) is 15.0. The third-order valence-electron chi connectivity index (χ3n) is 5.01. The minimum Gasteiger partial charge on any atom is -0.465 e. The van der Waals surface area contributed by atoms with Crippen molar-refractivity contribution in [3.63, 3.8) is 0 Å². The molecule has 0 bridgehead atoms. The minimum absolute atomic E-state index is 0.0111. The lowest BCUT2D eigenvalue weighted by atomic mass is 10.1. The molecular formula is C21H16N4O6. The van der Waals surface area contributed by atoms with Gasteiger partial charge in [0.1, 0.15) is 12.1 Å².